The van der Waals surface area contributed by atoms with Crippen molar-refractivity contribution >= 4 is 34.5 Å². The fourth-order valence-corrected chi connectivity index (χ4v) is 2.94. The highest BCUT2D eigenvalue weighted by Gasteiger charge is 2.14. The number of benzene rings is 1. The van der Waals surface area contributed by atoms with Crippen molar-refractivity contribution < 1.29 is 0 Å². The summed E-state index contributed by atoms with van der Waals surface area (Å²) in [5.41, 5.74) is 7.03. The molecular weight excluding hydrogens is 275 g/mol. The molecule has 0 saturated heterocycles. The number of halogens is 2. The Hall–Kier alpha value is -0.610. The van der Waals surface area contributed by atoms with Crippen molar-refractivity contribution in [3.63, 3.8) is 0 Å². The lowest BCUT2D eigenvalue weighted by molar-refractivity contribution is 0.735. The van der Waals surface area contributed by atoms with Crippen molar-refractivity contribution in [3.8, 4) is 0 Å². The van der Waals surface area contributed by atoms with E-state index in [1.807, 2.05) is 31.3 Å². The van der Waals surface area contributed by atoms with E-state index in [1.165, 1.54) is 0 Å². The van der Waals surface area contributed by atoms with E-state index in [-0.39, 0.29) is 6.04 Å². The highest BCUT2D eigenvalue weighted by molar-refractivity contribution is 7.11. The summed E-state index contributed by atoms with van der Waals surface area (Å²) in [5, 5.41) is 2.34. The van der Waals surface area contributed by atoms with Crippen molar-refractivity contribution in [1.82, 2.24) is 4.98 Å². The van der Waals surface area contributed by atoms with Crippen LogP contribution in [-0.2, 0) is 6.42 Å². The zero-order valence-electron chi connectivity index (χ0n) is 9.28. The van der Waals surface area contributed by atoms with Crippen LogP contribution in [0, 0.1) is 6.92 Å². The highest BCUT2D eigenvalue weighted by atomic mass is 35.5. The van der Waals surface area contributed by atoms with Gasteiger partial charge in [-0.2, -0.15) is 0 Å². The molecule has 2 N–H and O–H groups in total. The van der Waals surface area contributed by atoms with Gasteiger partial charge in [0.05, 0.1) is 5.01 Å². The molecule has 5 heteroatoms. The number of hydrogen-bond acceptors (Lipinski definition) is 3. The second-order valence-corrected chi connectivity index (χ2v) is 5.87. The van der Waals surface area contributed by atoms with E-state index in [2.05, 4.69) is 4.98 Å². The summed E-state index contributed by atoms with van der Waals surface area (Å²) < 4.78 is 0. The number of aromatic nitrogens is 1. The molecule has 0 aliphatic rings. The lowest BCUT2D eigenvalue weighted by Gasteiger charge is -2.12. The number of aryl methyl sites for hydroxylation is 1. The van der Waals surface area contributed by atoms with Crippen LogP contribution >= 0.6 is 34.5 Å². The van der Waals surface area contributed by atoms with E-state index < -0.39 is 0 Å². The fraction of sp³-hybridized carbons (Fsp3) is 0.250. The van der Waals surface area contributed by atoms with Gasteiger partial charge in [-0.1, -0.05) is 29.3 Å². The minimum atomic E-state index is -0.112. The van der Waals surface area contributed by atoms with Gasteiger partial charge in [-0.3, -0.25) is 0 Å². The normalized spacial score (nSPS) is 12.7. The smallest absolute Gasteiger partial charge is 0.0897 e. The molecule has 0 spiro atoms. The summed E-state index contributed by atoms with van der Waals surface area (Å²) in [6, 6.07) is 5.37. The minimum Gasteiger partial charge on any atom is -0.323 e. The van der Waals surface area contributed by atoms with Gasteiger partial charge in [-0.25, -0.2) is 4.98 Å². The summed E-state index contributed by atoms with van der Waals surface area (Å²) in [4.78, 5) is 5.25. The van der Waals surface area contributed by atoms with E-state index in [9.17, 15) is 0 Å². The molecule has 2 aromatic rings. The summed E-state index contributed by atoms with van der Waals surface area (Å²) in [6.45, 7) is 1.96. The quantitative estimate of drug-likeness (QED) is 0.926. The van der Waals surface area contributed by atoms with Gasteiger partial charge in [0.1, 0.15) is 0 Å². The van der Waals surface area contributed by atoms with Crippen LogP contribution in [0.25, 0.3) is 0 Å². The molecule has 1 atom stereocenters. The molecule has 0 aliphatic heterocycles. The average Bonchev–Trinajstić information content (AvgIpc) is 2.70. The predicted octanol–water partition coefficient (Wildman–Crippen LogP) is 4.00. The average molecular weight is 287 g/mol. The second kappa shape index (κ2) is 5.36. The van der Waals surface area contributed by atoms with Crippen molar-refractivity contribution in [1.29, 1.82) is 0 Å². The Labute approximate surface area is 114 Å². The van der Waals surface area contributed by atoms with Gasteiger partial charge in [-0.05, 0) is 31.0 Å². The Morgan fingerprint density at radius 2 is 2.00 bits per heavy atom. The molecule has 0 radical (unpaired) electrons. The van der Waals surface area contributed by atoms with Crippen molar-refractivity contribution in [3.05, 3.63) is 49.9 Å². The SMILES string of the molecule is Cc1ncc(C(N)Cc2c(Cl)cccc2Cl)s1. The lowest BCUT2D eigenvalue weighted by atomic mass is 10.1. The van der Waals surface area contributed by atoms with Gasteiger partial charge < -0.3 is 5.73 Å². The van der Waals surface area contributed by atoms with Crippen LogP contribution in [0.2, 0.25) is 10.0 Å². The van der Waals surface area contributed by atoms with E-state index in [1.54, 1.807) is 11.3 Å². The lowest BCUT2D eigenvalue weighted by Crippen LogP contribution is -2.12. The monoisotopic (exact) mass is 286 g/mol. The maximum Gasteiger partial charge on any atom is 0.0897 e. The Balaban J connectivity index is 2.21. The first-order valence-electron chi connectivity index (χ1n) is 5.18. The molecule has 0 aliphatic carbocycles. The van der Waals surface area contributed by atoms with Gasteiger partial charge in [0.15, 0.2) is 0 Å². The highest BCUT2D eigenvalue weighted by Crippen LogP contribution is 2.29. The fourth-order valence-electron chi connectivity index (χ4n) is 1.60. The molecule has 0 saturated carbocycles. The van der Waals surface area contributed by atoms with E-state index in [0.29, 0.717) is 16.5 Å². The molecule has 0 bridgehead atoms. The van der Waals surface area contributed by atoms with Crippen molar-refractivity contribution in [2.75, 3.05) is 0 Å². The first-order valence-corrected chi connectivity index (χ1v) is 6.76. The Kier molecular flexibility index (Phi) is 4.05. The predicted molar refractivity (Wildman–Crippen MR) is 73.9 cm³/mol. The van der Waals surface area contributed by atoms with Crippen LogP contribution in [0.15, 0.2) is 24.4 Å². The summed E-state index contributed by atoms with van der Waals surface area (Å²) in [5.74, 6) is 0. The zero-order valence-corrected chi connectivity index (χ0v) is 11.6. The Morgan fingerprint density at radius 1 is 1.35 bits per heavy atom. The third-order valence-corrected chi connectivity index (χ3v) is 4.24. The number of thiazole rings is 1. The standard InChI is InChI=1S/C12H12Cl2N2S/c1-7-16-6-12(17-7)11(15)5-8-9(13)3-2-4-10(8)14/h2-4,6,11H,5,15H2,1H3. The topological polar surface area (TPSA) is 38.9 Å². The van der Waals surface area contributed by atoms with Crippen LogP contribution in [-0.4, -0.2) is 4.98 Å². The molecule has 1 aromatic carbocycles. The Morgan fingerprint density at radius 3 is 2.53 bits per heavy atom. The Bertz CT molecular complexity index is 505. The van der Waals surface area contributed by atoms with Crippen LogP contribution in [0.4, 0.5) is 0 Å². The maximum absolute atomic E-state index is 6.13. The molecule has 17 heavy (non-hydrogen) atoms. The number of nitrogens with zero attached hydrogens (tertiary/aromatic N) is 1. The van der Waals surface area contributed by atoms with Gasteiger partial charge in [0.2, 0.25) is 0 Å². The molecule has 1 aromatic heterocycles. The van der Waals surface area contributed by atoms with Crippen LogP contribution < -0.4 is 5.73 Å². The van der Waals surface area contributed by atoms with Gasteiger partial charge >= 0.3 is 0 Å². The first-order chi connectivity index (χ1) is 8.08. The van der Waals surface area contributed by atoms with Crippen LogP contribution in [0.1, 0.15) is 21.5 Å². The molecule has 1 unspecified atom stereocenters. The number of hydrogen-bond donors (Lipinski definition) is 1. The number of rotatable bonds is 3. The van der Waals surface area contributed by atoms with Gasteiger partial charge in [-0.15, -0.1) is 11.3 Å². The minimum absolute atomic E-state index is 0.112. The van der Waals surface area contributed by atoms with E-state index in [4.69, 9.17) is 28.9 Å². The second-order valence-electron chi connectivity index (χ2n) is 3.79. The van der Waals surface area contributed by atoms with Crippen LogP contribution in [0.3, 0.4) is 0 Å². The third-order valence-electron chi connectivity index (χ3n) is 2.49. The summed E-state index contributed by atoms with van der Waals surface area (Å²) in [7, 11) is 0. The maximum atomic E-state index is 6.13. The molecule has 1 heterocycles. The van der Waals surface area contributed by atoms with Gasteiger partial charge in [0.25, 0.3) is 0 Å². The molecule has 2 rings (SSSR count). The van der Waals surface area contributed by atoms with E-state index in [0.717, 1.165) is 15.4 Å². The molecular formula is C12H12Cl2N2S. The molecule has 90 valence electrons. The summed E-state index contributed by atoms with van der Waals surface area (Å²) >= 11 is 13.8. The van der Waals surface area contributed by atoms with Crippen LogP contribution in [0.5, 0.6) is 0 Å². The summed E-state index contributed by atoms with van der Waals surface area (Å²) in [6.07, 6.45) is 2.44. The molecule has 2 nitrogen and oxygen atoms in total. The first kappa shape index (κ1) is 12.8. The molecule has 0 amide bonds. The van der Waals surface area contributed by atoms with E-state index >= 15 is 0 Å². The zero-order chi connectivity index (χ0) is 12.4. The molecule has 0 fully saturated rings. The number of nitrogens with two attached hydrogens (primary N) is 1. The third kappa shape index (κ3) is 2.99. The van der Waals surface area contributed by atoms with Crippen molar-refractivity contribution in [2.45, 2.75) is 19.4 Å². The van der Waals surface area contributed by atoms with Gasteiger partial charge in [0, 0.05) is 27.2 Å². The largest absolute Gasteiger partial charge is 0.323 e. The van der Waals surface area contributed by atoms with Crippen molar-refractivity contribution in [2.24, 2.45) is 5.73 Å².